The Bertz CT molecular complexity index is 190. The normalized spacial score (nSPS) is 10.5. The molecule has 4 N–H and O–H groups in total. The maximum Gasteiger partial charge on any atom is 0.405 e. The van der Waals surface area contributed by atoms with Gasteiger partial charge in [-0.2, -0.15) is 0 Å². The second-order valence-electron chi connectivity index (χ2n) is 2.97. The van der Waals surface area contributed by atoms with Crippen LogP contribution in [0.3, 0.4) is 0 Å². The standard InChI is InChI=1S/C6H12N2O4/c1-6(2,8-5(11)12)3-7-4(9)10/h7-8H,3H2,1-2H3,(H,9,10)(H,11,12). The molecule has 6 nitrogen and oxygen atoms in total. The second-order valence-corrected chi connectivity index (χ2v) is 2.97. The zero-order valence-corrected chi connectivity index (χ0v) is 6.92. The van der Waals surface area contributed by atoms with Crippen LogP contribution in [0.2, 0.25) is 0 Å². The summed E-state index contributed by atoms with van der Waals surface area (Å²) in [7, 11) is 0. The maximum absolute atomic E-state index is 10.2. The van der Waals surface area contributed by atoms with Gasteiger partial charge in [-0.3, -0.25) is 0 Å². The smallest absolute Gasteiger partial charge is 0.405 e. The van der Waals surface area contributed by atoms with Crippen molar-refractivity contribution >= 4 is 12.2 Å². The van der Waals surface area contributed by atoms with Gasteiger partial charge in [-0.15, -0.1) is 0 Å². The molecule has 0 unspecified atom stereocenters. The van der Waals surface area contributed by atoms with E-state index < -0.39 is 17.7 Å². The van der Waals surface area contributed by atoms with Gasteiger partial charge in [0.05, 0.1) is 5.54 Å². The lowest BCUT2D eigenvalue weighted by Gasteiger charge is -2.23. The van der Waals surface area contributed by atoms with Crippen LogP contribution in [-0.4, -0.2) is 34.5 Å². The summed E-state index contributed by atoms with van der Waals surface area (Å²) in [5.74, 6) is 0. The van der Waals surface area contributed by atoms with E-state index in [0.29, 0.717) is 0 Å². The van der Waals surface area contributed by atoms with Crippen molar-refractivity contribution in [2.24, 2.45) is 0 Å². The van der Waals surface area contributed by atoms with E-state index in [1.54, 1.807) is 13.8 Å². The third-order valence-electron chi connectivity index (χ3n) is 1.13. The van der Waals surface area contributed by atoms with Gasteiger partial charge in [-0.05, 0) is 13.8 Å². The van der Waals surface area contributed by atoms with Crippen LogP contribution >= 0.6 is 0 Å². The highest BCUT2D eigenvalue weighted by molar-refractivity contribution is 5.66. The SMILES string of the molecule is CC(C)(CNC(=O)O)NC(=O)O. The highest BCUT2D eigenvalue weighted by Gasteiger charge is 2.20. The number of hydrogen-bond acceptors (Lipinski definition) is 2. The quantitative estimate of drug-likeness (QED) is 0.497. The third-order valence-corrected chi connectivity index (χ3v) is 1.13. The number of nitrogens with one attached hydrogen (secondary N) is 2. The first kappa shape index (κ1) is 10.5. The van der Waals surface area contributed by atoms with Crippen molar-refractivity contribution in [3.05, 3.63) is 0 Å². The van der Waals surface area contributed by atoms with Crippen molar-refractivity contribution < 1.29 is 19.8 Å². The Balaban J connectivity index is 3.86. The molecule has 12 heavy (non-hydrogen) atoms. The van der Waals surface area contributed by atoms with E-state index in [4.69, 9.17) is 10.2 Å². The Hall–Kier alpha value is -1.46. The van der Waals surface area contributed by atoms with Crippen molar-refractivity contribution in [2.75, 3.05) is 6.54 Å². The molecule has 0 bridgehead atoms. The molecule has 0 spiro atoms. The topological polar surface area (TPSA) is 98.7 Å². The molecule has 0 aliphatic heterocycles. The lowest BCUT2D eigenvalue weighted by atomic mass is 10.1. The van der Waals surface area contributed by atoms with Crippen LogP contribution in [-0.2, 0) is 0 Å². The van der Waals surface area contributed by atoms with Crippen molar-refractivity contribution in [3.8, 4) is 0 Å². The molecule has 0 radical (unpaired) electrons. The molecule has 0 aromatic carbocycles. The minimum atomic E-state index is -1.17. The van der Waals surface area contributed by atoms with E-state index >= 15 is 0 Å². The van der Waals surface area contributed by atoms with Gasteiger partial charge in [0, 0.05) is 6.54 Å². The van der Waals surface area contributed by atoms with Gasteiger partial charge in [-0.25, -0.2) is 9.59 Å². The Kier molecular flexibility index (Phi) is 3.33. The van der Waals surface area contributed by atoms with Gasteiger partial charge in [0.15, 0.2) is 0 Å². The number of amides is 2. The van der Waals surface area contributed by atoms with E-state index in [0.717, 1.165) is 0 Å². The van der Waals surface area contributed by atoms with Crippen molar-refractivity contribution in [1.82, 2.24) is 10.6 Å². The average Bonchev–Trinajstić information content (AvgIpc) is 1.81. The summed E-state index contributed by atoms with van der Waals surface area (Å²) in [6.45, 7) is 3.20. The van der Waals surface area contributed by atoms with Gasteiger partial charge in [-0.1, -0.05) is 0 Å². The number of hydrogen-bond donors (Lipinski definition) is 4. The van der Waals surface area contributed by atoms with E-state index in [1.165, 1.54) is 0 Å². The summed E-state index contributed by atoms with van der Waals surface area (Å²) in [5.41, 5.74) is -0.787. The number of carbonyl (C=O) groups is 2. The van der Waals surface area contributed by atoms with Gasteiger partial charge in [0.1, 0.15) is 0 Å². The van der Waals surface area contributed by atoms with Gasteiger partial charge in [0.25, 0.3) is 0 Å². The molecule has 2 amide bonds. The van der Waals surface area contributed by atoms with Gasteiger partial charge in [0.2, 0.25) is 0 Å². The molecule has 6 heteroatoms. The highest BCUT2D eigenvalue weighted by Crippen LogP contribution is 1.98. The fraction of sp³-hybridized carbons (Fsp3) is 0.667. The summed E-state index contributed by atoms with van der Waals surface area (Å²) in [5, 5.41) is 20.8. The molecule has 0 rings (SSSR count). The van der Waals surface area contributed by atoms with Crippen LogP contribution < -0.4 is 10.6 Å². The van der Waals surface area contributed by atoms with Crippen molar-refractivity contribution in [1.29, 1.82) is 0 Å². The largest absolute Gasteiger partial charge is 0.465 e. The molecule has 0 saturated heterocycles. The molecule has 0 aliphatic rings. The Morgan fingerprint density at radius 3 is 2.08 bits per heavy atom. The molecular formula is C6H12N2O4. The average molecular weight is 176 g/mol. The summed E-state index contributed by atoms with van der Waals surface area (Å²) in [6.07, 6.45) is -2.34. The van der Waals surface area contributed by atoms with Crippen LogP contribution in [0.25, 0.3) is 0 Å². The molecule has 0 aliphatic carbocycles. The van der Waals surface area contributed by atoms with Crippen LogP contribution in [0.15, 0.2) is 0 Å². The van der Waals surface area contributed by atoms with Crippen molar-refractivity contribution in [3.63, 3.8) is 0 Å². The van der Waals surface area contributed by atoms with E-state index in [2.05, 4.69) is 10.6 Å². The first-order valence-corrected chi connectivity index (χ1v) is 3.31. The molecule has 0 saturated carbocycles. The first-order chi connectivity index (χ1) is 5.33. The third kappa shape index (κ3) is 5.33. The molecular weight excluding hydrogens is 164 g/mol. The van der Waals surface area contributed by atoms with Crippen LogP contribution in [0.5, 0.6) is 0 Å². The fourth-order valence-corrected chi connectivity index (χ4v) is 0.630. The van der Waals surface area contributed by atoms with Crippen molar-refractivity contribution in [2.45, 2.75) is 19.4 Å². The van der Waals surface area contributed by atoms with E-state index in [1.807, 2.05) is 0 Å². The molecule has 70 valence electrons. The Morgan fingerprint density at radius 1 is 1.25 bits per heavy atom. The lowest BCUT2D eigenvalue weighted by molar-refractivity contribution is 0.175. The molecule has 0 aromatic rings. The summed E-state index contributed by atoms with van der Waals surface area (Å²) >= 11 is 0. The molecule has 0 heterocycles. The number of rotatable bonds is 3. The molecule has 0 atom stereocenters. The fourth-order valence-electron chi connectivity index (χ4n) is 0.630. The predicted molar refractivity (Wildman–Crippen MR) is 41.3 cm³/mol. The second kappa shape index (κ2) is 3.80. The number of carboxylic acid groups (broad SMARTS) is 2. The van der Waals surface area contributed by atoms with E-state index in [9.17, 15) is 9.59 Å². The minimum Gasteiger partial charge on any atom is -0.465 e. The summed E-state index contributed by atoms with van der Waals surface area (Å²) < 4.78 is 0. The van der Waals surface area contributed by atoms with Crippen LogP contribution in [0.4, 0.5) is 9.59 Å². The van der Waals surface area contributed by atoms with Gasteiger partial charge < -0.3 is 20.8 Å². The highest BCUT2D eigenvalue weighted by atomic mass is 16.4. The zero-order chi connectivity index (χ0) is 9.78. The first-order valence-electron chi connectivity index (χ1n) is 3.31. The monoisotopic (exact) mass is 176 g/mol. The lowest BCUT2D eigenvalue weighted by Crippen LogP contribution is -2.50. The predicted octanol–water partition coefficient (Wildman–Crippen LogP) is 0.300. The molecule has 0 fully saturated rings. The molecule has 0 aromatic heterocycles. The van der Waals surface area contributed by atoms with Gasteiger partial charge >= 0.3 is 12.2 Å². The van der Waals surface area contributed by atoms with E-state index in [-0.39, 0.29) is 6.54 Å². The Morgan fingerprint density at radius 2 is 1.75 bits per heavy atom. The van der Waals surface area contributed by atoms with Crippen LogP contribution in [0, 0.1) is 0 Å². The maximum atomic E-state index is 10.2. The summed E-state index contributed by atoms with van der Waals surface area (Å²) in [4.78, 5) is 20.2. The van der Waals surface area contributed by atoms with Crippen LogP contribution in [0.1, 0.15) is 13.8 Å². The summed E-state index contributed by atoms with van der Waals surface area (Å²) in [6, 6.07) is 0. The Labute approximate surface area is 69.6 Å². The zero-order valence-electron chi connectivity index (χ0n) is 6.92. The minimum absolute atomic E-state index is 0.0363.